The lowest BCUT2D eigenvalue weighted by atomic mass is 9.99. The van der Waals surface area contributed by atoms with Crippen LogP contribution in [0.3, 0.4) is 0 Å². The molecule has 0 saturated carbocycles. The van der Waals surface area contributed by atoms with E-state index in [0.29, 0.717) is 18.7 Å². The van der Waals surface area contributed by atoms with Gasteiger partial charge < -0.3 is 5.32 Å². The summed E-state index contributed by atoms with van der Waals surface area (Å²) >= 11 is 1.24. The summed E-state index contributed by atoms with van der Waals surface area (Å²) in [7, 11) is 1.65. The summed E-state index contributed by atoms with van der Waals surface area (Å²) in [6.07, 6.45) is 4.22. The van der Waals surface area contributed by atoms with Gasteiger partial charge in [-0.3, -0.25) is 19.5 Å². The summed E-state index contributed by atoms with van der Waals surface area (Å²) in [5, 5.41) is 11.9. The van der Waals surface area contributed by atoms with E-state index in [2.05, 4.69) is 25.5 Å². The van der Waals surface area contributed by atoms with Crippen LogP contribution in [-0.4, -0.2) is 45.1 Å². The van der Waals surface area contributed by atoms with Crippen LogP contribution < -0.4 is 10.2 Å². The van der Waals surface area contributed by atoms with Gasteiger partial charge in [0.25, 0.3) is 11.8 Å². The second-order valence-electron chi connectivity index (χ2n) is 6.99. The van der Waals surface area contributed by atoms with Gasteiger partial charge in [0.1, 0.15) is 11.0 Å². The Kier molecular flexibility index (Phi) is 5.30. The number of hydrogen-bond donors (Lipinski definition) is 1. The molecule has 1 aliphatic heterocycles. The van der Waals surface area contributed by atoms with E-state index < -0.39 is 11.9 Å². The molecule has 0 radical (unpaired) electrons. The average molecular weight is 408 g/mol. The second-order valence-corrected chi connectivity index (χ2v) is 8.05. The molecule has 4 rings (SSSR count). The SMILES string of the molecule is C[C@H]1C[C@H](NC(=O)c2nnc(Cc3ccccc3)s2)C(=O)N(C)c2nccnc21. The van der Waals surface area contributed by atoms with E-state index in [0.717, 1.165) is 16.3 Å². The number of likely N-dealkylation sites (N-methyl/N-ethyl adjacent to an activating group) is 1. The zero-order valence-electron chi connectivity index (χ0n) is 16.1. The minimum atomic E-state index is -0.681. The lowest BCUT2D eigenvalue weighted by molar-refractivity contribution is -0.120. The molecular weight excluding hydrogens is 388 g/mol. The highest BCUT2D eigenvalue weighted by molar-refractivity contribution is 7.13. The Balaban J connectivity index is 1.48. The fourth-order valence-corrected chi connectivity index (χ4v) is 4.16. The van der Waals surface area contributed by atoms with Crippen molar-refractivity contribution in [1.29, 1.82) is 0 Å². The van der Waals surface area contributed by atoms with Crippen LogP contribution in [0.4, 0.5) is 5.82 Å². The smallest absolute Gasteiger partial charge is 0.282 e. The molecule has 0 spiro atoms. The zero-order valence-corrected chi connectivity index (χ0v) is 16.9. The van der Waals surface area contributed by atoms with Crippen molar-refractivity contribution in [2.75, 3.05) is 11.9 Å². The van der Waals surface area contributed by atoms with E-state index in [1.807, 2.05) is 37.3 Å². The molecule has 148 valence electrons. The number of rotatable bonds is 4. The molecule has 2 aromatic heterocycles. The van der Waals surface area contributed by atoms with Crippen LogP contribution in [0.25, 0.3) is 0 Å². The van der Waals surface area contributed by atoms with Gasteiger partial charge in [-0.25, -0.2) is 4.98 Å². The molecule has 2 amide bonds. The number of amides is 2. The van der Waals surface area contributed by atoms with Crippen LogP contribution in [-0.2, 0) is 11.2 Å². The highest BCUT2D eigenvalue weighted by atomic mass is 32.1. The number of carbonyl (C=O) groups is 2. The molecule has 3 aromatic rings. The third-order valence-corrected chi connectivity index (χ3v) is 5.80. The van der Waals surface area contributed by atoms with Gasteiger partial charge >= 0.3 is 0 Å². The largest absolute Gasteiger partial charge is 0.338 e. The average Bonchev–Trinajstić information content (AvgIpc) is 3.18. The minimum absolute atomic E-state index is 0.0269. The number of anilines is 1. The van der Waals surface area contributed by atoms with Gasteiger partial charge in [-0.15, -0.1) is 10.2 Å². The molecular formula is C20H20N6O2S. The van der Waals surface area contributed by atoms with Crippen LogP contribution in [0.15, 0.2) is 42.7 Å². The van der Waals surface area contributed by atoms with Gasteiger partial charge in [0.05, 0.1) is 5.69 Å². The van der Waals surface area contributed by atoms with Gasteiger partial charge in [0.2, 0.25) is 5.01 Å². The fraction of sp³-hybridized carbons (Fsp3) is 0.300. The number of fused-ring (bicyclic) bond motifs is 1. The zero-order chi connectivity index (χ0) is 20.4. The van der Waals surface area contributed by atoms with Crippen LogP contribution in [0.1, 0.15) is 45.3 Å². The van der Waals surface area contributed by atoms with Crippen molar-refractivity contribution in [2.24, 2.45) is 0 Å². The van der Waals surface area contributed by atoms with Gasteiger partial charge in [-0.1, -0.05) is 48.6 Å². The van der Waals surface area contributed by atoms with E-state index in [-0.39, 0.29) is 16.8 Å². The van der Waals surface area contributed by atoms with Gasteiger partial charge in [-0.05, 0) is 12.0 Å². The first-order chi connectivity index (χ1) is 14.0. The number of nitrogens with one attached hydrogen (secondary N) is 1. The minimum Gasteiger partial charge on any atom is -0.338 e. The molecule has 1 N–H and O–H groups in total. The molecule has 0 unspecified atom stereocenters. The van der Waals surface area contributed by atoms with E-state index >= 15 is 0 Å². The Morgan fingerprint density at radius 1 is 1.21 bits per heavy atom. The van der Waals surface area contributed by atoms with Crippen LogP contribution in [0.2, 0.25) is 0 Å². The predicted molar refractivity (Wildman–Crippen MR) is 109 cm³/mol. The summed E-state index contributed by atoms with van der Waals surface area (Å²) in [6.45, 7) is 1.97. The molecule has 1 aliphatic rings. The Bertz CT molecular complexity index is 1040. The number of benzene rings is 1. The van der Waals surface area contributed by atoms with Gasteiger partial charge in [0.15, 0.2) is 5.82 Å². The second kappa shape index (κ2) is 8.04. The number of aromatic nitrogens is 4. The molecule has 9 heteroatoms. The third kappa shape index (κ3) is 4.00. The fourth-order valence-electron chi connectivity index (χ4n) is 3.38. The Morgan fingerprint density at radius 2 is 1.97 bits per heavy atom. The van der Waals surface area contributed by atoms with E-state index in [4.69, 9.17) is 0 Å². The normalized spacial score (nSPS) is 18.8. The summed E-state index contributed by atoms with van der Waals surface area (Å²) < 4.78 is 0. The monoisotopic (exact) mass is 408 g/mol. The van der Waals surface area contributed by atoms with Crippen molar-refractivity contribution in [3.05, 3.63) is 64.0 Å². The molecule has 0 saturated heterocycles. The maximum Gasteiger partial charge on any atom is 0.282 e. The molecule has 0 fully saturated rings. The summed E-state index contributed by atoms with van der Waals surface area (Å²) in [6, 6.07) is 9.19. The molecule has 2 atom stereocenters. The summed E-state index contributed by atoms with van der Waals surface area (Å²) in [5.41, 5.74) is 1.85. The standard InChI is InChI=1S/C20H20N6O2S/c1-12-10-14(20(28)26(2)17-16(12)21-8-9-22-17)23-18(27)19-25-24-15(29-19)11-13-6-4-3-5-7-13/h3-9,12,14H,10-11H2,1-2H3,(H,23,27)/t12-,14-/m0/s1. The topological polar surface area (TPSA) is 101 Å². The Labute approximate surface area is 172 Å². The van der Waals surface area contributed by atoms with Crippen LogP contribution >= 0.6 is 11.3 Å². The lowest BCUT2D eigenvalue weighted by Crippen LogP contribution is -2.47. The molecule has 0 aliphatic carbocycles. The van der Waals surface area contributed by atoms with Crippen LogP contribution in [0.5, 0.6) is 0 Å². The lowest BCUT2D eigenvalue weighted by Gasteiger charge is -2.20. The van der Waals surface area contributed by atoms with Crippen molar-refractivity contribution >= 4 is 29.0 Å². The first-order valence-electron chi connectivity index (χ1n) is 9.28. The number of carbonyl (C=O) groups excluding carboxylic acids is 2. The quantitative estimate of drug-likeness (QED) is 0.710. The van der Waals surface area contributed by atoms with Crippen molar-refractivity contribution in [2.45, 2.75) is 31.7 Å². The maximum atomic E-state index is 12.9. The van der Waals surface area contributed by atoms with Crippen LogP contribution in [0, 0.1) is 0 Å². The molecule has 8 nitrogen and oxygen atoms in total. The molecule has 3 heterocycles. The first kappa shape index (κ1) is 19.1. The summed E-state index contributed by atoms with van der Waals surface area (Å²) in [4.78, 5) is 35.7. The third-order valence-electron chi connectivity index (χ3n) is 4.87. The Hall–Kier alpha value is -3.20. The molecule has 0 bridgehead atoms. The predicted octanol–water partition coefficient (Wildman–Crippen LogP) is 2.19. The summed E-state index contributed by atoms with van der Waals surface area (Å²) in [5.74, 6) is -0.116. The number of nitrogens with zero attached hydrogens (tertiary/aromatic N) is 5. The van der Waals surface area contributed by atoms with E-state index in [1.165, 1.54) is 16.2 Å². The van der Waals surface area contributed by atoms with E-state index in [9.17, 15) is 9.59 Å². The first-order valence-corrected chi connectivity index (χ1v) is 10.1. The van der Waals surface area contributed by atoms with Gasteiger partial charge in [-0.2, -0.15) is 0 Å². The van der Waals surface area contributed by atoms with Gasteiger partial charge in [0, 0.05) is 31.8 Å². The van der Waals surface area contributed by atoms with Crippen molar-refractivity contribution < 1.29 is 9.59 Å². The van der Waals surface area contributed by atoms with Crippen molar-refractivity contribution in [1.82, 2.24) is 25.5 Å². The molecule has 29 heavy (non-hydrogen) atoms. The Morgan fingerprint density at radius 3 is 2.76 bits per heavy atom. The highest BCUT2D eigenvalue weighted by Crippen LogP contribution is 2.30. The highest BCUT2D eigenvalue weighted by Gasteiger charge is 2.34. The van der Waals surface area contributed by atoms with Crippen molar-refractivity contribution in [3.8, 4) is 0 Å². The van der Waals surface area contributed by atoms with E-state index in [1.54, 1.807) is 19.4 Å². The number of hydrogen-bond acceptors (Lipinski definition) is 7. The maximum absolute atomic E-state index is 12.9. The molecule has 1 aromatic carbocycles. The van der Waals surface area contributed by atoms with Crippen molar-refractivity contribution in [3.63, 3.8) is 0 Å².